The van der Waals surface area contributed by atoms with Crippen molar-refractivity contribution in [1.82, 2.24) is 9.62 Å². The molecule has 21 heavy (non-hydrogen) atoms. The molecule has 1 aromatic carbocycles. The molecule has 1 saturated carbocycles. The molecule has 0 radical (unpaired) electrons. The Balaban J connectivity index is 2.34. The normalized spacial score (nSPS) is 17.3. The van der Waals surface area contributed by atoms with Crippen LogP contribution in [0.15, 0.2) is 29.2 Å². The Morgan fingerprint density at radius 2 is 1.86 bits per heavy atom. The Labute approximate surface area is 128 Å². The summed E-state index contributed by atoms with van der Waals surface area (Å²) in [5, 5.41) is 3.05. The number of benzene rings is 1. The molecule has 1 aliphatic carbocycles. The smallest absolute Gasteiger partial charge is 0.243 e. The van der Waals surface area contributed by atoms with Crippen LogP contribution in [0.5, 0.6) is 0 Å². The maximum absolute atomic E-state index is 13.1. The highest BCUT2D eigenvalue weighted by Gasteiger charge is 2.32. The quantitative estimate of drug-likeness (QED) is 0.879. The molecular formula is C16H26N2O2S. The van der Waals surface area contributed by atoms with Crippen molar-refractivity contribution in [2.75, 3.05) is 13.6 Å². The highest BCUT2D eigenvalue weighted by molar-refractivity contribution is 7.89. The van der Waals surface area contributed by atoms with Gasteiger partial charge in [0, 0.05) is 19.1 Å². The van der Waals surface area contributed by atoms with E-state index in [0.29, 0.717) is 18.0 Å². The summed E-state index contributed by atoms with van der Waals surface area (Å²) in [6.45, 7) is 3.05. The van der Waals surface area contributed by atoms with Gasteiger partial charge in [-0.05, 0) is 31.5 Å². The molecule has 1 fully saturated rings. The molecule has 0 aliphatic heterocycles. The molecule has 5 heteroatoms. The average Bonchev–Trinajstić information content (AvgIpc) is 2.49. The van der Waals surface area contributed by atoms with Crippen LogP contribution >= 0.6 is 0 Å². The first-order valence-electron chi connectivity index (χ1n) is 7.85. The van der Waals surface area contributed by atoms with Gasteiger partial charge in [0.15, 0.2) is 0 Å². The first kappa shape index (κ1) is 16.5. The fraction of sp³-hybridized carbons (Fsp3) is 0.625. The molecule has 4 nitrogen and oxygen atoms in total. The van der Waals surface area contributed by atoms with Crippen LogP contribution in [0.2, 0.25) is 0 Å². The Morgan fingerprint density at radius 1 is 1.19 bits per heavy atom. The van der Waals surface area contributed by atoms with Gasteiger partial charge in [-0.25, -0.2) is 8.42 Å². The lowest BCUT2D eigenvalue weighted by Gasteiger charge is -2.33. The van der Waals surface area contributed by atoms with Crippen molar-refractivity contribution < 1.29 is 8.42 Å². The maximum Gasteiger partial charge on any atom is 0.243 e. The van der Waals surface area contributed by atoms with E-state index in [2.05, 4.69) is 5.32 Å². The van der Waals surface area contributed by atoms with Crippen molar-refractivity contribution in [3.63, 3.8) is 0 Å². The van der Waals surface area contributed by atoms with E-state index in [1.54, 1.807) is 16.4 Å². The summed E-state index contributed by atoms with van der Waals surface area (Å²) in [7, 11) is -1.57. The largest absolute Gasteiger partial charge is 0.316 e. The first-order valence-corrected chi connectivity index (χ1v) is 9.29. The van der Waals surface area contributed by atoms with Gasteiger partial charge in [0.2, 0.25) is 10.0 Å². The van der Waals surface area contributed by atoms with Crippen LogP contribution < -0.4 is 5.32 Å². The van der Waals surface area contributed by atoms with Gasteiger partial charge in [-0.3, -0.25) is 0 Å². The minimum absolute atomic E-state index is 0.163. The Hall–Kier alpha value is -0.910. The van der Waals surface area contributed by atoms with E-state index in [0.717, 1.165) is 31.2 Å². The molecule has 1 aliphatic rings. The number of nitrogens with zero attached hydrogens (tertiary/aromatic N) is 1. The third kappa shape index (κ3) is 3.65. The Bertz CT molecular complexity index is 551. The topological polar surface area (TPSA) is 49.4 Å². The summed E-state index contributed by atoms with van der Waals surface area (Å²) in [5.74, 6) is 0. The molecule has 0 amide bonds. The van der Waals surface area contributed by atoms with Gasteiger partial charge in [0.25, 0.3) is 0 Å². The molecule has 2 rings (SSSR count). The monoisotopic (exact) mass is 310 g/mol. The molecule has 118 valence electrons. The number of rotatable bonds is 6. The summed E-state index contributed by atoms with van der Waals surface area (Å²) in [6, 6.07) is 7.48. The van der Waals surface area contributed by atoms with Crippen molar-refractivity contribution in [2.24, 2.45) is 0 Å². The van der Waals surface area contributed by atoms with E-state index in [1.165, 1.54) is 6.42 Å². The molecule has 0 unspecified atom stereocenters. The van der Waals surface area contributed by atoms with Crippen LogP contribution in [0.1, 0.15) is 44.6 Å². The lowest BCUT2D eigenvalue weighted by molar-refractivity contribution is 0.261. The van der Waals surface area contributed by atoms with Gasteiger partial charge in [-0.15, -0.1) is 0 Å². The highest BCUT2D eigenvalue weighted by atomic mass is 32.2. The van der Waals surface area contributed by atoms with E-state index in [4.69, 9.17) is 0 Å². The lowest BCUT2D eigenvalue weighted by atomic mass is 9.95. The van der Waals surface area contributed by atoms with Gasteiger partial charge < -0.3 is 5.32 Å². The minimum Gasteiger partial charge on any atom is -0.316 e. The van der Waals surface area contributed by atoms with E-state index in [-0.39, 0.29) is 6.04 Å². The molecule has 0 heterocycles. The summed E-state index contributed by atoms with van der Waals surface area (Å²) in [5.41, 5.74) is 0.842. The van der Waals surface area contributed by atoms with Crippen LogP contribution in [0, 0.1) is 0 Å². The van der Waals surface area contributed by atoms with Gasteiger partial charge in [-0.1, -0.05) is 44.4 Å². The zero-order valence-corrected chi connectivity index (χ0v) is 13.8. The van der Waals surface area contributed by atoms with Crippen LogP contribution in [0.3, 0.4) is 0 Å². The van der Waals surface area contributed by atoms with Crippen molar-refractivity contribution in [1.29, 1.82) is 0 Å². The molecule has 1 N–H and O–H groups in total. The molecule has 0 saturated heterocycles. The summed E-state index contributed by atoms with van der Waals surface area (Å²) in [4.78, 5) is 0.451. The van der Waals surface area contributed by atoms with Crippen molar-refractivity contribution in [3.8, 4) is 0 Å². The van der Waals surface area contributed by atoms with Crippen molar-refractivity contribution in [2.45, 2.75) is 56.5 Å². The summed E-state index contributed by atoms with van der Waals surface area (Å²) >= 11 is 0. The van der Waals surface area contributed by atoms with Crippen LogP contribution in [-0.2, 0) is 16.6 Å². The van der Waals surface area contributed by atoms with Gasteiger partial charge >= 0.3 is 0 Å². The van der Waals surface area contributed by atoms with Crippen LogP contribution in [-0.4, -0.2) is 32.4 Å². The fourth-order valence-electron chi connectivity index (χ4n) is 3.21. The molecular weight excluding hydrogens is 284 g/mol. The fourth-order valence-corrected chi connectivity index (χ4v) is 5.13. The van der Waals surface area contributed by atoms with E-state index < -0.39 is 10.0 Å². The SMILES string of the molecule is CCN(C1CCCCC1)S(=O)(=O)c1ccccc1CNC. The lowest BCUT2D eigenvalue weighted by Crippen LogP contribution is -2.41. The second-order valence-corrected chi connectivity index (χ2v) is 7.50. The van der Waals surface area contributed by atoms with Crippen LogP contribution in [0.4, 0.5) is 0 Å². The molecule has 0 bridgehead atoms. The second kappa shape index (κ2) is 7.38. The highest BCUT2D eigenvalue weighted by Crippen LogP contribution is 2.28. The van der Waals surface area contributed by atoms with Gasteiger partial charge in [0.05, 0.1) is 4.90 Å². The minimum atomic E-state index is -3.41. The van der Waals surface area contributed by atoms with Crippen molar-refractivity contribution >= 4 is 10.0 Å². The Kier molecular flexibility index (Phi) is 5.79. The maximum atomic E-state index is 13.1. The zero-order valence-electron chi connectivity index (χ0n) is 13.0. The molecule has 1 aromatic rings. The molecule has 0 aromatic heterocycles. The van der Waals surface area contributed by atoms with E-state index >= 15 is 0 Å². The molecule has 0 atom stereocenters. The number of nitrogens with one attached hydrogen (secondary N) is 1. The zero-order chi connectivity index (χ0) is 15.3. The van der Waals surface area contributed by atoms with E-state index in [1.807, 2.05) is 26.1 Å². The third-order valence-electron chi connectivity index (χ3n) is 4.22. The average molecular weight is 310 g/mol. The predicted molar refractivity (Wildman–Crippen MR) is 85.6 cm³/mol. The van der Waals surface area contributed by atoms with Crippen LogP contribution in [0.25, 0.3) is 0 Å². The third-order valence-corrected chi connectivity index (χ3v) is 6.35. The second-order valence-electron chi connectivity index (χ2n) is 5.64. The van der Waals surface area contributed by atoms with Crippen molar-refractivity contribution in [3.05, 3.63) is 29.8 Å². The Morgan fingerprint density at radius 3 is 2.48 bits per heavy atom. The number of hydrogen-bond donors (Lipinski definition) is 1. The summed E-state index contributed by atoms with van der Waals surface area (Å²) < 4.78 is 27.8. The number of sulfonamides is 1. The van der Waals surface area contributed by atoms with Gasteiger partial charge in [-0.2, -0.15) is 4.31 Å². The first-order chi connectivity index (χ1) is 10.1. The van der Waals surface area contributed by atoms with Gasteiger partial charge in [0.1, 0.15) is 0 Å². The van der Waals surface area contributed by atoms with E-state index in [9.17, 15) is 8.42 Å². The molecule has 0 spiro atoms. The summed E-state index contributed by atoms with van der Waals surface area (Å²) in [6.07, 6.45) is 5.47. The predicted octanol–water partition coefficient (Wildman–Crippen LogP) is 2.75. The number of hydrogen-bond acceptors (Lipinski definition) is 3. The standard InChI is InChI=1S/C16H26N2O2S/c1-3-18(15-10-5-4-6-11-15)21(19,20)16-12-8-7-9-14(16)13-17-2/h7-9,12,15,17H,3-6,10-11,13H2,1-2H3.